The zero-order valence-corrected chi connectivity index (χ0v) is 9.37. The molecule has 0 heterocycles. The van der Waals surface area contributed by atoms with Crippen molar-refractivity contribution in [1.82, 2.24) is 0 Å². The molecule has 0 spiro atoms. The van der Waals surface area contributed by atoms with Crippen LogP contribution in [0, 0.1) is 0 Å². The van der Waals surface area contributed by atoms with Crippen LogP contribution in [0.15, 0.2) is 29.8 Å². The van der Waals surface area contributed by atoms with E-state index in [-0.39, 0.29) is 11.5 Å². The zero-order chi connectivity index (χ0) is 11.4. The van der Waals surface area contributed by atoms with Gasteiger partial charge in [-0.05, 0) is 51.0 Å². The van der Waals surface area contributed by atoms with Crippen LogP contribution < -0.4 is 0 Å². The smallest absolute Gasteiger partial charge is 0.159 e. The molecule has 0 aliphatic heterocycles. The normalized spacial score (nSPS) is 11.5. The number of phenolic OH excluding ortho intramolecular Hbond substituents is 1. The summed E-state index contributed by atoms with van der Waals surface area (Å²) in [5, 5.41) is 9.62. The largest absolute Gasteiger partial charge is 0.508 e. The van der Waals surface area contributed by atoms with Crippen LogP contribution in [0.3, 0.4) is 0 Å². The van der Waals surface area contributed by atoms with Gasteiger partial charge in [0.2, 0.25) is 0 Å². The Morgan fingerprint density at radius 2 is 2.07 bits per heavy atom. The molecule has 80 valence electrons. The van der Waals surface area contributed by atoms with E-state index >= 15 is 0 Å². The lowest BCUT2D eigenvalue weighted by atomic mass is 10.0. The van der Waals surface area contributed by atoms with Gasteiger partial charge in [-0.3, -0.25) is 4.79 Å². The number of carbonyl (C=O) groups excluding carboxylic acids is 1. The molecule has 0 bridgehead atoms. The Morgan fingerprint density at radius 3 is 2.60 bits per heavy atom. The molecular weight excluding hydrogens is 188 g/mol. The van der Waals surface area contributed by atoms with Crippen molar-refractivity contribution in [2.45, 2.75) is 27.2 Å². The number of aromatic hydroxyl groups is 1. The van der Waals surface area contributed by atoms with Crippen LogP contribution in [0.1, 0.15) is 36.7 Å². The number of ketones is 1. The van der Waals surface area contributed by atoms with Crippen molar-refractivity contribution in [3.63, 3.8) is 0 Å². The van der Waals surface area contributed by atoms with Gasteiger partial charge in [0.05, 0.1) is 0 Å². The third-order valence-electron chi connectivity index (χ3n) is 2.45. The Morgan fingerprint density at radius 1 is 1.40 bits per heavy atom. The van der Waals surface area contributed by atoms with Gasteiger partial charge in [-0.2, -0.15) is 0 Å². The van der Waals surface area contributed by atoms with E-state index in [0.717, 1.165) is 5.56 Å². The third kappa shape index (κ3) is 2.94. The Bertz CT molecular complexity index is 403. The first-order valence-electron chi connectivity index (χ1n) is 4.99. The summed E-state index contributed by atoms with van der Waals surface area (Å²) in [5.74, 6) is 0.274. The second-order valence-corrected chi connectivity index (χ2v) is 3.71. The maximum Gasteiger partial charge on any atom is 0.159 e. The lowest BCUT2D eigenvalue weighted by molar-refractivity contribution is 0.101. The highest BCUT2D eigenvalue weighted by molar-refractivity contribution is 5.94. The Hall–Kier alpha value is -1.57. The van der Waals surface area contributed by atoms with Crippen LogP contribution >= 0.6 is 0 Å². The van der Waals surface area contributed by atoms with Crippen molar-refractivity contribution < 1.29 is 9.90 Å². The first kappa shape index (κ1) is 11.5. The second kappa shape index (κ2) is 4.78. The summed E-state index contributed by atoms with van der Waals surface area (Å²) in [5.41, 5.74) is 2.62. The quantitative estimate of drug-likeness (QED) is 0.606. The summed E-state index contributed by atoms with van der Waals surface area (Å²) in [4.78, 5) is 11.2. The highest BCUT2D eigenvalue weighted by Crippen LogP contribution is 2.21. The number of benzene rings is 1. The van der Waals surface area contributed by atoms with Gasteiger partial charge < -0.3 is 5.11 Å². The minimum absolute atomic E-state index is 0.0226. The fraction of sp³-hybridized carbons (Fsp3) is 0.308. The van der Waals surface area contributed by atoms with Gasteiger partial charge in [0.15, 0.2) is 5.78 Å². The number of Topliss-reactive ketones (excluding diaryl/α,β-unsaturated/α-hetero) is 1. The summed E-state index contributed by atoms with van der Waals surface area (Å²) in [7, 11) is 0. The van der Waals surface area contributed by atoms with Crippen molar-refractivity contribution >= 4 is 5.78 Å². The van der Waals surface area contributed by atoms with E-state index in [4.69, 9.17) is 0 Å². The van der Waals surface area contributed by atoms with E-state index in [1.54, 1.807) is 18.2 Å². The Labute approximate surface area is 90.3 Å². The molecule has 2 heteroatoms. The maximum atomic E-state index is 11.2. The van der Waals surface area contributed by atoms with Crippen molar-refractivity contribution in [3.8, 4) is 5.75 Å². The van der Waals surface area contributed by atoms with Crippen molar-refractivity contribution in [3.05, 3.63) is 41.0 Å². The summed E-state index contributed by atoms with van der Waals surface area (Å²) < 4.78 is 0. The zero-order valence-electron chi connectivity index (χ0n) is 9.37. The van der Waals surface area contributed by atoms with E-state index in [1.165, 1.54) is 12.5 Å². The van der Waals surface area contributed by atoms with E-state index in [2.05, 4.69) is 0 Å². The number of phenols is 1. The molecule has 0 saturated carbocycles. The van der Waals surface area contributed by atoms with E-state index in [0.29, 0.717) is 12.0 Å². The number of rotatable bonds is 3. The minimum Gasteiger partial charge on any atom is -0.508 e. The molecule has 0 aliphatic rings. The van der Waals surface area contributed by atoms with Crippen LogP contribution in [-0.2, 0) is 6.42 Å². The SMILES string of the molecule is C/C=C(\C)Cc1cc(C(C)=O)ccc1O. The molecule has 0 aromatic heterocycles. The molecule has 0 unspecified atom stereocenters. The summed E-state index contributed by atoms with van der Waals surface area (Å²) >= 11 is 0. The molecule has 0 atom stereocenters. The molecule has 1 rings (SSSR count). The van der Waals surface area contributed by atoms with Crippen LogP contribution in [0.25, 0.3) is 0 Å². The molecule has 1 aromatic carbocycles. The lowest BCUT2D eigenvalue weighted by Crippen LogP contribution is -1.95. The predicted octanol–water partition coefficient (Wildman–Crippen LogP) is 3.10. The third-order valence-corrected chi connectivity index (χ3v) is 2.45. The number of hydrogen-bond donors (Lipinski definition) is 1. The molecule has 0 amide bonds. The molecule has 0 saturated heterocycles. The molecule has 0 radical (unpaired) electrons. The topological polar surface area (TPSA) is 37.3 Å². The number of allylic oxidation sites excluding steroid dienone is 2. The van der Waals surface area contributed by atoms with Gasteiger partial charge in [-0.1, -0.05) is 11.6 Å². The van der Waals surface area contributed by atoms with Crippen LogP contribution in [0.4, 0.5) is 0 Å². The highest BCUT2D eigenvalue weighted by Gasteiger charge is 2.05. The van der Waals surface area contributed by atoms with E-state index < -0.39 is 0 Å². The highest BCUT2D eigenvalue weighted by atomic mass is 16.3. The standard InChI is InChI=1S/C13H16O2/c1-4-9(2)7-12-8-11(10(3)14)5-6-13(12)15/h4-6,8,15H,7H2,1-3H3/b9-4+. The molecule has 2 nitrogen and oxygen atoms in total. The fourth-order valence-corrected chi connectivity index (χ4v) is 1.35. The molecule has 0 fully saturated rings. The molecular formula is C13H16O2. The first-order valence-corrected chi connectivity index (χ1v) is 4.99. The average molecular weight is 204 g/mol. The van der Waals surface area contributed by atoms with Gasteiger partial charge in [-0.25, -0.2) is 0 Å². The average Bonchev–Trinajstić information content (AvgIpc) is 2.20. The van der Waals surface area contributed by atoms with Crippen LogP contribution in [0.2, 0.25) is 0 Å². The predicted molar refractivity (Wildman–Crippen MR) is 61.2 cm³/mol. The van der Waals surface area contributed by atoms with Gasteiger partial charge in [-0.15, -0.1) is 0 Å². The van der Waals surface area contributed by atoms with Crippen molar-refractivity contribution in [2.24, 2.45) is 0 Å². The molecule has 15 heavy (non-hydrogen) atoms. The molecule has 0 aliphatic carbocycles. The number of carbonyl (C=O) groups is 1. The lowest BCUT2D eigenvalue weighted by Gasteiger charge is -2.06. The molecule has 1 N–H and O–H groups in total. The maximum absolute atomic E-state index is 11.2. The van der Waals surface area contributed by atoms with Gasteiger partial charge in [0, 0.05) is 5.56 Å². The van der Waals surface area contributed by atoms with E-state index in [1.807, 2.05) is 19.9 Å². The van der Waals surface area contributed by atoms with Crippen molar-refractivity contribution in [1.29, 1.82) is 0 Å². The molecule has 1 aromatic rings. The van der Waals surface area contributed by atoms with E-state index in [9.17, 15) is 9.90 Å². The second-order valence-electron chi connectivity index (χ2n) is 3.71. The van der Waals surface area contributed by atoms with Gasteiger partial charge in [0.1, 0.15) is 5.75 Å². The van der Waals surface area contributed by atoms with Gasteiger partial charge >= 0.3 is 0 Å². The fourth-order valence-electron chi connectivity index (χ4n) is 1.35. The number of hydrogen-bond acceptors (Lipinski definition) is 2. The van der Waals surface area contributed by atoms with Gasteiger partial charge in [0.25, 0.3) is 0 Å². The van der Waals surface area contributed by atoms with Crippen LogP contribution in [0.5, 0.6) is 5.75 Å². The monoisotopic (exact) mass is 204 g/mol. The summed E-state index contributed by atoms with van der Waals surface area (Å²) in [6.45, 7) is 5.49. The minimum atomic E-state index is 0.0226. The Kier molecular flexibility index (Phi) is 3.67. The first-order chi connectivity index (χ1) is 7.04. The van der Waals surface area contributed by atoms with Crippen molar-refractivity contribution in [2.75, 3.05) is 0 Å². The summed E-state index contributed by atoms with van der Waals surface area (Å²) in [6.07, 6.45) is 2.68. The van der Waals surface area contributed by atoms with Crippen LogP contribution in [-0.4, -0.2) is 10.9 Å². The Balaban J connectivity index is 3.05. The summed E-state index contributed by atoms with van der Waals surface area (Å²) in [6, 6.07) is 4.98.